The summed E-state index contributed by atoms with van der Waals surface area (Å²) in [4.78, 5) is 11.2. The van der Waals surface area contributed by atoms with Gasteiger partial charge in [-0.2, -0.15) is 5.10 Å². The van der Waals surface area contributed by atoms with E-state index in [4.69, 9.17) is 0 Å². The molecule has 4 heteroatoms. The lowest BCUT2D eigenvalue weighted by atomic mass is 10.1. The number of aromatic nitrogens is 2. The van der Waals surface area contributed by atoms with Gasteiger partial charge in [0.1, 0.15) is 5.56 Å². The van der Waals surface area contributed by atoms with E-state index in [1.807, 2.05) is 18.5 Å². The van der Waals surface area contributed by atoms with Gasteiger partial charge in [0.25, 0.3) is 0 Å². The molecule has 1 fully saturated rings. The smallest absolute Gasteiger partial charge is 0.339 e. The number of carbonyl (C=O) groups is 1. The Morgan fingerprint density at radius 2 is 2.13 bits per heavy atom. The second-order valence-electron chi connectivity index (χ2n) is 3.96. The van der Waals surface area contributed by atoms with E-state index < -0.39 is 5.97 Å². The topological polar surface area (TPSA) is 55.1 Å². The molecule has 0 aliphatic heterocycles. The summed E-state index contributed by atoms with van der Waals surface area (Å²) in [5.41, 5.74) is 2.06. The van der Waals surface area contributed by atoms with Crippen LogP contribution >= 0.6 is 0 Å². The highest BCUT2D eigenvalue weighted by Crippen LogP contribution is 2.36. The number of aryl methyl sites for hydroxylation is 1. The van der Waals surface area contributed by atoms with Crippen molar-refractivity contribution in [3.63, 3.8) is 0 Å². The minimum absolute atomic E-state index is 0.437. The molecular formula is C11H16N2O2. The minimum atomic E-state index is -0.837. The SMILES string of the molecule is CCc1nn(C2CC2)c(CC)c1C(=O)O. The summed E-state index contributed by atoms with van der Waals surface area (Å²) in [6, 6.07) is 0.457. The van der Waals surface area contributed by atoms with Gasteiger partial charge in [0, 0.05) is 0 Å². The zero-order valence-corrected chi connectivity index (χ0v) is 9.16. The fourth-order valence-electron chi connectivity index (χ4n) is 1.98. The normalized spacial score (nSPS) is 15.6. The average Bonchev–Trinajstić information content (AvgIpc) is 2.97. The molecule has 0 amide bonds. The molecule has 1 saturated carbocycles. The molecule has 1 N–H and O–H groups in total. The first-order chi connectivity index (χ1) is 7.19. The van der Waals surface area contributed by atoms with Gasteiger partial charge in [0.15, 0.2) is 0 Å². The summed E-state index contributed by atoms with van der Waals surface area (Å²) in [7, 11) is 0. The summed E-state index contributed by atoms with van der Waals surface area (Å²) in [5, 5.41) is 13.6. The maximum absolute atomic E-state index is 11.2. The standard InChI is InChI=1S/C11H16N2O2/c1-3-8-10(11(14)15)9(4-2)13(12-8)7-5-6-7/h7H,3-6H2,1-2H3,(H,14,15). The lowest BCUT2D eigenvalue weighted by Gasteiger charge is -2.03. The minimum Gasteiger partial charge on any atom is -0.478 e. The molecule has 0 aromatic carbocycles. The summed E-state index contributed by atoms with van der Waals surface area (Å²) in [6.45, 7) is 3.94. The van der Waals surface area contributed by atoms with Gasteiger partial charge in [-0.05, 0) is 25.7 Å². The predicted octanol–water partition coefficient (Wildman–Crippen LogP) is 2.04. The molecule has 0 saturated heterocycles. The number of aromatic carboxylic acids is 1. The number of hydrogen-bond donors (Lipinski definition) is 1. The highest BCUT2D eigenvalue weighted by atomic mass is 16.4. The Bertz CT molecular complexity index is 392. The van der Waals surface area contributed by atoms with Crippen molar-refractivity contribution >= 4 is 5.97 Å². The number of carboxylic acid groups (broad SMARTS) is 1. The average molecular weight is 208 g/mol. The van der Waals surface area contributed by atoms with Gasteiger partial charge in [-0.15, -0.1) is 0 Å². The monoisotopic (exact) mass is 208 g/mol. The van der Waals surface area contributed by atoms with E-state index in [0.717, 1.165) is 30.7 Å². The van der Waals surface area contributed by atoms with Crippen LogP contribution in [-0.4, -0.2) is 20.9 Å². The van der Waals surface area contributed by atoms with Crippen LogP contribution in [0.2, 0.25) is 0 Å². The Balaban J connectivity index is 2.52. The van der Waals surface area contributed by atoms with Crippen LogP contribution in [0.1, 0.15) is 54.5 Å². The summed E-state index contributed by atoms with van der Waals surface area (Å²) < 4.78 is 1.93. The van der Waals surface area contributed by atoms with Crippen LogP contribution in [-0.2, 0) is 12.8 Å². The van der Waals surface area contributed by atoms with Crippen molar-refractivity contribution in [2.45, 2.75) is 45.6 Å². The van der Waals surface area contributed by atoms with Crippen molar-refractivity contribution in [1.29, 1.82) is 0 Å². The maximum Gasteiger partial charge on any atom is 0.339 e. The molecule has 1 heterocycles. The Kier molecular flexibility index (Phi) is 2.50. The fraction of sp³-hybridized carbons (Fsp3) is 0.636. The highest BCUT2D eigenvalue weighted by Gasteiger charge is 2.30. The summed E-state index contributed by atoms with van der Waals surface area (Å²) >= 11 is 0. The second-order valence-corrected chi connectivity index (χ2v) is 3.96. The van der Waals surface area contributed by atoms with Crippen LogP contribution in [0.25, 0.3) is 0 Å². The van der Waals surface area contributed by atoms with Crippen LogP contribution in [0.4, 0.5) is 0 Å². The third-order valence-corrected chi connectivity index (χ3v) is 2.86. The van der Waals surface area contributed by atoms with Gasteiger partial charge in [-0.3, -0.25) is 4.68 Å². The number of carboxylic acids is 1. The number of nitrogens with zero attached hydrogens (tertiary/aromatic N) is 2. The van der Waals surface area contributed by atoms with Crippen molar-refractivity contribution in [2.24, 2.45) is 0 Å². The molecule has 0 unspecified atom stereocenters. The first-order valence-corrected chi connectivity index (χ1v) is 5.52. The van der Waals surface area contributed by atoms with Gasteiger partial charge >= 0.3 is 5.97 Å². The van der Waals surface area contributed by atoms with E-state index in [9.17, 15) is 9.90 Å². The van der Waals surface area contributed by atoms with Crippen molar-refractivity contribution < 1.29 is 9.90 Å². The fourth-order valence-corrected chi connectivity index (χ4v) is 1.98. The predicted molar refractivity (Wildman–Crippen MR) is 56.2 cm³/mol. The summed E-state index contributed by atoms with van der Waals surface area (Å²) in [6.07, 6.45) is 3.70. The Hall–Kier alpha value is -1.32. The Morgan fingerprint density at radius 1 is 1.47 bits per heavy atom. The number of rotatable bonds is 4. The molecule has 0 atom stereocenters. The highest BCUT2D eigenvalue weighted by molar-refractivity contribution is 5.90. The lowest BCUT2D eigenvalue weighted by molar-refractivity contribution is 0.0694. The van der Waals surface area contributed by atoms with E-state index in [1.165, 1.54) is 0 Å². The van der Waals surface area contributed by atoms with E-state index >= 15 is 0 Å². The quantitative estimate of drug-likeness (QED) is 0.823. The third kappa shape index (κ3) is 1.64. The molecule has 0 bridgehead atoms. The zero-order valence-electron chi connectivity index (χ0n) is 9.16. The molecule has 1 aromatic heterocycles. The lowest BCUT2D eigenvalue weighted by Crippen LogP contribution is -2.06. The first-order valence-electron chi connectivity index (χ1n) is 5.52. The molecule has 2 rings (SSSR count). The van der Waals surface area contributed by atoms with Crippen LogP contribution in [0.15, 0.2) is 0 Å². The van der Waals surface area contributed by atoms with Gasteiger partial charge in [0.05, 0.1) is 17.4 Å². The van der Waals surface area contributed by atoms with E-state index in [2.05, 4.69) is 5.10 Å². The van der Waals surface area contributed by atoms with Crippen molar-refractivity contribution in [1.82, 2.24) is 9.78 Å². The van der Waals surface area contributed by atoms with Crippen LogP contribution < -0.4 is 0 Å². The van der Waals surface area contributed by atoms with E-state index in [0.29, 0.717) is 18.0 Å². The largest absolute Gasteiger partial charge is 0.478 e. The molecule has 82 valence electrons. The van der Waals surface area contributed by atoms with E-state index in [-0.39, 0.29) is 0 Å². The van der Waals surface area contributed by atoms with Gasteiger partial charge in [-0.1, -0.05) is 13.8 Å². The molecule has 1 aliphatic carbocycles. The Labute approximate surface area is 88.9 Å². The van der Waals surface area contributed by atoms with Gasteiger partial charge in [0.2, 0.25) is 0 Å². The van der Waals surface area contributed by atoms with Crippen molar-refractivity contribution in [3.05, 3.63) is 17.0 Å². The van der Waals surface area contributed by atoms with Crippen LogP contribution in [0, 0.1) is 0 Å². The Morgan fingerprint density at radius 3 is 2.53 bits per heavy atom. The zero-order chi connectivity index (χ0) is 11.0. The summed E-state index contributed by atoms with van der Waals surface area (Å²) in [5.74, 6) is -0.837. The van der Waals surface area contributed by atoms with E-state index in [1.54, 1.807) is 0 Å². The molecule has 0 spiro atoms. The number of hydrogen-bond acceptors (Lipinski definition) is 2. The van der Waals surface area contributed by atoms with Crippen LogP contribution in [0.3, 0.4) is 0 Å². The molecular weight excluding hydrogens is 192 g/mol. The molecule has 1 aliphatic rings. The second kappa shape index (κ2) is 3.68. The van der Waals surface area contributed by atoms with Crippen molar-refractivity contribution in [2.75, 3.05) is 0 Å². The molecule has 4 nitrogen and oxygen atoms in total. The van der Waals surface area contributed by atoms with Crippen LogP contribution in [0.5, 0.6) is 0 Å². The molecule has 1 aromatic rings. The van der Waals surface area contributed by atoms with Crippen molar-refractivity contribution in [3.8, 4) is 0 Å². The first kappa shape index (κ1) is 10.2. The third-order valence-electron chi connectivity index (χ3n) is 2.86. The van der Waals surface area contributed by atoms with Gasteiger partial charge < -0.3 is 5.11 Å². The molecule has 0 radical (unpaired) electrons. The van der Waals surface area contributed by atoms with Gasteiger partial charge in [-0.25, -0.2) is 4.79 Å². The molecule has 15 heavy (non-hydrogen) atoms. The maximum atomic E-state index is 11.2.